The number of hydrogen-bond acceptors (Lipinski definition) is 3. The van der Waals surface area contributed by atoms with Gasteiger partial charge in [-0.1, -0.05) is 17.7 Å². The van der Waals surface area contributed by atoms with Crippen molar-refractivity contribution in [1.82, 2.24) is 10.3 Å². The minimum Gasteiger partial charge on any atom is -0.302 e. The molecule has 0 spiro atoms. The van der Waals surface area contributed by atoms with Crippen LogP contribution in [-0.4, -0.2) is 11.0 Å². The smallest absolute Gasteiger partial charge is 0.115 e. The molecule has 112 valence electrons. The molecular formula is C16H18BrClN2S. The van der Waals surface area contributed by atoms with Crippen LogP contribution in [0.15, 0.2) is 22.7 Å². The van der Waals surface area contributed by atoms with Gasteiger partial charge in [-0.05, 0) is 66.7 Å². The fourth-order valence-corrected chi connectivity index (χ4v) is 4.43. The second kappa shape index (κ2) is 6.37. The number of thiazole rings is 1. The number of rotatable bonds is 4. The molecule has 2 aromatic rings. The predicted octanol–water partition coefficient (Wildman–Crippen LogP) is 5.14. The highest BCUT2D eigenvalue weighted by molar-refractivity contribution is 9.10. The van der Waals surface area contributed by atoms with Crippen LogP contribution in [0.4, 0.5) is 0 Å². The van der Waals surface area contributed by atoms with Gasteiger partial charge in [0, 0.05) is 15.4 Å². The number of aryl methyl sites for hydroxylation is 2. The lowest BCUT2D eigenvalue weighted by Crippen LogP contribution is -2.29. The van der Waals surface area contributed by atoms with Crippen LogP contribution in [0.25, 0.3) is 0 Å². The zero-order chi connectivity index (χ0) is 15.0. The van der Waals surface area contributed by atoms with Crippen molar-refractivity contribution in [3.63, 3.8) is 0 Å². The van der Waals surface area contributed by atoms with Crippen molar-refractivity contribution in [2.24, 2.45) is 0 Å². The Morgan fingerprint density at radius 2 is 2.14 bits per heavy atom. The third kappa shape index (κ3) is 3.34. The minimum atomic E-state index is 0.133. The highest BCUT2D eigenvalue weighted by Gasteiger charge is 2.24. The Hall–Kier alpha value is -0.420. The van der Waals surface area contributed by atoms with Crippen molar-refractivity contribution in [2.75, 3.05) is 0 Å². The molecule has 0 fully saturated rings. The summed E-state index contributed by atoms with van der Waals surface area (Å²) in [7, 11) is 0. The van der Waals surface area contributed by atoms with Crippen LogP contribution < -0.4 is 5.32 Å². The number of benzene rings is 1. The molecular weight excluding hydrogens is 368 g/mol. The summed E-state index contributed by atoms with van der Waals surface area (Å²) in [6.45, 7) is 4.33. The van der Waals surface area contributed by atoms with E-state index in [2.05, 4.69) is 47.2 Å². The molecule has 1 unspecified atom stereocenters. The fourth-order valence-electron chi connectivity index (χ4n) is 2.67. The SMILES string of the molecule is CC(C)NC(c1ccc(Cl)c(Br)c1)c1nc2c(s1)CCC2. The molecule has 1 atom stereocenters. The molecule has 2 nitrogen and oxygen atoms in total. The average Bonchev–Trinajstić information content (AvgIpc) is 3.00. The minimum absolute atomic E-state index is 0.133. The first kappa shape index (κ1) is 15.5. The molecule has 1 heterocycles. The number of nitrogens with one attached hydrogen (secondary N) is 1. The normalized spacial score (nSPS) is 15.5. The zero-order valence-corrected chi connectivity index (χ0v) is 15.3. The number of fused-ring (bicyclic) bond motifs is 1. The van der Waals surface area contributed by atoms with Crippen LogP contribution >= 0.6 is 38.9 Å². The van der Waals surface area contributed by atoms with Crippen molar-refractivity contribution < 1.29 is 0 Å². The molecule has 1 N–H and O–H groups in total. The van der Waals surface area contributed by atoms with Gasteiger partial charge in [0.25, 0.3) is 0 Å². The summed E-state index contributed by atoms with van der Waals surface area (Å²) in [6, 6.07) is 6.64. The highest BCUT2D eigenvalue weighted by atomic mass is 79.9. The second-order valence-corrected chi connectivity index (χ2v) is 8.08. The summed E-state index contributed by atoms with van der Waals surface area (Å²) in [6.07, 6.45) is 3.57. The Kier molecular flexibility index (Phi) is 4.69. The molecule has 0 saturated heterocycles. The number of aromatic nitrogens is 1. The van der Waals surface area contributed by atoms with Crippen LogP contribution in [0.5, 0.6) is 0 Å². The largest absolute Gasteiger partial charge is 0.302 e. The van der Waals surface area contributed by atoms with Crippen LogP contribution in [-0.2, 0) is 12.8 Å². The van der Waals surface area contributed by atoms with E-state index in [0.29, 0.717) is 6.04 Å². The third-order valence-corrected chi connectivity index (χ3v) is 6.07. The Bertz CT molecular complexity index is 632. The molecule has 0 saturated carbocycles. The first-order valence-corrected chi connectivity index (χ1v) is 9.23. The van der Waals surface area contributed by atoms with E-state index in [4.69, 9.17) is 16.6 Å². The molecule has 0 aliphatic heterocycles. The van der Waals surface area contributed by atoms with E-state index >= 15 is 0 Å². The maximum absolute atomic E-state index is 6.12. The molecule has 3 rings (SSSR count). The number of hydrogen-bond donors (Lipinski definition) is 1. The standard InChI is InChI=1S/C16H18BrClN2S/c1-9(2)19-15(10-6-7-12(18)11(17)8-10)16-20-13-4-3-5-14(13)21-16/h6-9,15,19H,3-5H2,1-2H3. The van der Waals surface area contributed by atoms with Crippen molar-refractivity contribution >= 4 is 38.9 Å². The summed E-state index contributed by atoms with van der Waals surface area (Å²) < 4.78 is 0.932. The molecule has 0 radical (unpaired) electrons. The first-order chi connectivity index (χ1) is 10.0. The number of nitrogens with zero attached hydrogens (tertiary/aromatic N) is 1. The van der Waals surface area contributed by atoms with E-state index in [0.717, 1.165) is 15.9 Å². The van der Waals surface area contributed by atoms with Gasteiger partial charge in [0.2, 0.25) is 0 Å². The van der Waals surface area contributed by atoms with Gasteiger partial charge in [-0.2, -0.15) is 0 Å². The summed E-state index contributed by atoms with van der Waals surface area (Å²) in [5.41, 5.74) is 2.51. The van der Waals surface area contributed by atoms with E-state index in [1.165, 1.54) is 34.0 Å². The Balaban J connectivity index is 1.98. The molecule has 0 amide bonds. The van der Waals surface area contributed by atoms with E-state index in [9.17, 15) is 0 Å². The number of halogens is 2. The topological polar surface area (TPSA) is 24.9 Å². The molecule has 1 aliphatic rings. The van der Waals surface area contributed by atoms with Crippen molar-refractivity contribution in [1.29, 1.82) is 0 Å². The maximum atomic E-state index is 6.12. The quantitative estimate of drug-likeness (QED) is 0.788. The van der Waals surface area contributed by atoms with Gasteiger partial charge in [-0.25, -0.2) is 4.98 Å². The lowest BCUT2D eigenvalue weighted by Gasteiger charge is -2.20. The summed E-state index contributed by atoms with van der Waals surface area (Å²) in [5, 5.41) is 5.54. The summed E-state index contributed by atoms with van der Waals surface area (Å²) in [5.74, 6) is 0. The van der Waals surface area contributed by atoms with Gasteiger partial charge in [0.15, 0.2) is 0 Å². The van der Waals surface area contributed by atoms with Gasteiger partial charge in [-0.15, -0.1) is 11.3 Å². The maximum Gasteiger partial charge on any atom is 0.115 e. The van der Waals surface area contributed by atoms with E-state index < -0.39 is 0 Å². The highest BCUT2D eigenvalue weighted by Crippen LogP contribution is 2.35. The predicted molar refractivity (Wildman–Crippen MR) is 93.4 cm³/mol. The van der Waals surface area contributed by atoms with Crippen LogP contribution in [0.1, 0.15) is 47.5 Å². The molecule has 1 aliphatic carbocycles. The molecule has 1 aromatic heterocycles. The van der Waals surface area contributed by atoms with Crippen LogP contribution in [0.2, 0.25) is 5.02 Å². The van der Waals surface area contributed by atoms with E-state index in [1.807, 2.05) is 17.4 Å². The summed E-state index contributed by atoms with van der Waals surface area (Å²) >= 11 is 11.5. The Morgan fingerprint density at radius 3 is 2.81 bits per heavy atom. The van der Waals surface area contributed by atoms with Gasteiger partial charge >= 0.3 is 0 Å². The molecule has 0 bridgehead atoms. The third-order valence-electron chi connectivity index (χ3n) is 3.64. The monoisotopic (exact) mass is 384 g/mol. The summed E-state index contributed by atoms with van der Waals surface area (Å²) in [4.78, 5) is 6.35. The van der Waals surface area contributed by atoms with Crippen molar-refractivity contribution in [3.8, 4) is 0 Å². The fraction of sp³-hybridized carbons (Fsp3) is 0.438. The van der Waals surface area contributed by atoms with Crippen LogP contribution in [0, 0.1) is 0 Å². The van der Waals surface area contributed by atoms with Gasteiger partial charge in [0.1, 0.15) is 5.01 Å². The van der Waals surface area contributed by atoms with Gasteiger partial charge in [0.05, 0.1) is 16.8 Å². The molecule has 1 aromatic carbocycles. The van der Waals surface area contributed by atoms with Crippen molar-refractivity contribution in [2.45, 2.75) is 45.2 Å². The van der Waals surface area contributed by atoms with Crippen molar-refractivity contribution in [3.05, 3.63) is 48.8 Å². The lowest BCUT2D eigenvalue weighted by atomic mass is 10.1. The van der Waals surface area contributed by atoms with Crippen LogP contribution in [0.3, 0.4) is 0 Å². The van der Waals surface area contributed by atoms with Gasteiger partial charge < -0.3 is 5.32 Å². The molecule has 5 heteroatoms. The first-order valence-electron chi connectivity index (χ1n) is 7.24. The zero-order valence-electron chi connectivity index (χ0n) is 12.1. The Morgan fingerprint density at radius 1 is 1.33 bits per heavy atom. The second-order valence-electron chi connectivity index (χ2n) is 5.70. The van der Waals surface area contributed by atoms with E-state index in [1.54, 1.807) is 0 Å². The lowest BCUT2D eigenvalue weighted by molar-refractivity contribution is 0.526. The average molecular weight is 386 g/mol. The molecule has 21 heavy (non-hydrogen) atoms. The van der Waals surface area contributed by atoms with E-state index in [-0.39, 0.29) is 6.04 Å². The Labute approximate surface area is 143 Å². The van der Waals surface area contributed by atoms with Gasteiger partial charge in [-0.3, -0.25) is 0 Å².